The second-order valence-corrected chi connectivity index (χ2v) is 5.90. The number of nitrogen functional groups attached to an aromatic ring is 1. The Balaban J connectivity index is 1.60. The van der Waals surface area contributed by atoms with E-state index in [1.54, 1.807) is 7.11 Å². The van der Waals surface area contributed by atoms with Gasteiger partial charge in [0.25, 0.3) is 0 Å². The summed E-state index contributed by atoms with van der Waals surface area (Å²) in [5, 5.41) is 0. The predicted octanol–water partition coefficient (Wildman–Crippen LogP) is 1.18. The quantitative estimate of drug-likeness (QED) is 0.844. The summed E-state index contributed by atoms with van der Waals surface area (Å²) < 4.78 is 10.9. The summed E-state index contributed by atoms with van der Waals surface area (Å²) in [5.41, 5.74) is 7.89. The van der Waals surface area contributed by atoms with Gasteiger partial charge in [0, 0.05) is 50.0 Å². The van der Waals surface area contributed by atoms with E-state index in [2.05, 4.69) is 9.80 Å². The van der Waals surface area contributed by atoms with Crippen LogP contribution in [0.25, 0.3) is 0 Å². The van der Waals surface area contributed by atoms with Crippen molar-refractivity contribution in [3.63, 3.8) is 0 Å². The Labute approximate surface area is 126 Å². The SMILES string of the molecule is COc1ccc(N)cc1CN1CCC(N2CCOCC2)C1. The zero-order valence-corrected chi connectivity index (χ0v) is 12.8. The number of hydrogen-bond acceptors (Lipinski definition) is 5. The largest absolute Gasteiger partial charge is 0.496 e. The van der Waals surface area contributed by atoms with Crippen LogP contribution in [-0.2, 0) is 11.3 Å². The summed E-state index contributed by atoms with van der Waals surface area (Å²) in [6.07, 6.45) is 1.24. The second kappa shape index (κ2) is 6.64. The highest BCUT2D eigenvalue weighted by Crippen LogP contribution is 2.25. The summed E-state index contributed by atoms with van der Waals surface area (Å²) in [7, 11) is 1.72. The van der Waals surface area contributed by atoms with Crippen molar-refractivity contribution in [1.29, 1.82) is 0 Å². The van der Waals surface area contributed by atoms with Gasteiger partial charge in [-0.2, -0.15) is 0 Å². The number of morpholine rings is 1. The van der Waals surface area contributed by atoms with E-state index < -0.39 is 0 Å². The molecule has 2 heterocycles. The topological polar surface area (TPSA) is 51.0 Å². The Morgan fingerprint density at radius 3 is 2.86 bits per heavy atom. The van der Waals surface area contributed by atoms with Crippen LogP contribution in [-0.4, -0.2) is 62.3 Å². The Morgan fingerprint density at radius 1 is 1.29 bits per heavy atom. The monoisotopic (exact) mass is 291 g/mol. The second-order valence-electron chi connectivity index (χ2n) is 5.90. The van der Waals surface area contributed by atoms with Gasteiger partial charge in [-0.3, -0.25) is 9.80 Å². The summed E-state index contributed by atoms with van der Waals surface area (Å²) in [5.74, 6) is 0.930. The average molecular weight is 291 g/mol. The molecule has 1 unspecified atom stereocenters. The Hall–Kier alpha value is -1.30. The first kappa shape index (κ1) is 14.6. The van der Waals surface area contributed by atoms with Crippen molar-refractivity contribution in [3.8, 4) is 5.75 Å². The highest BCUT2D eigenvalue weighted by Gasteiger charge is 2.28. The van der Waals surface area contributed by atoms with E-state index in [4.69, 9.17) is 15.2 Å². The van der Waals surface area contributed by atoms with Crippen LogP contribution < -0.4 is 10.5 Å². The standard InChI is InChI=1S/C16H25N3O2/c1-20-16-3-2-14(17)10-13(16)11-18-5-4-15(12-18)19-6-8-21-9-7-19/h2-3,10,15H,4-9,11-12,17H2,1H3. The van der Waals surface area contributed by atoms with E-state index >= 15 is 0 Å². The number of benzene rings is 1. The molecule has 0 radical (unpaired) electrons. The van der Waals surface area contributed by atoms with Crippen molar-refractivity contribution >= 4 is 5.69 Å². The van der Waals surface area contributed by atoms with Crippen LogP contribution in [0.5, 0.6) is 5.75 Å². The van der Waals surface area contributed by atoms with Crippen molar-refractivity contribution < 1.29 is 9.47 Å². The summed E-state index contributed by atoms with van der Waals surface area (Å²) >= 11 is 0. The fraction of sp³-hybridized carbons (Fsp3) is 0.625. The van der Waals surface area contributed by atoms with Gasteiger partial charge in [-0.1, -0.05) is 0 Å². The molecule has 0 amide bonds. The molecule has 0 saturated carbocycles. The fourth-order valence-corrected chi connectivity index (χ4v) is 3.36. The Morgan fingerprint density at radius 2 is 2.10 bits per heavy atom. The number of hydrogen-bond donors (Lipinski definition) is 1. The fourth-order valence-electron chi connectivity index (χ4n) is 3.36. The van der Waals surface area contributed by atoms with E-state index in [0.717, 1.165) is 57.4 Å². The van der Waals surface area contributed by atoms with Crippen molar-refractivity contribution in [3.05, 3.63) is 23.8 Å². The lowest BCUT2D eigenvalue weighted by Gasteiger charge is -2.32. The molecule has 2 N–H and O–H groups in total. The van der Waals surface area contributed by atoms with E-state index in [-0.39, 0.29) is 0 Å². The first-order valence-electron chi connectivity index (χ1n) is 7.73. The van der Waals surface area contributed by atoms with E-state index in [1.807, 2.05) is 18.2 Å². The molecule has 3 rings (SSSR count). The van der Waals surface area contributed by atoms with Gasteiger partial charge in [-0.15, -0.1) is 0 Å². The number of rotatable bonds is 4. The third kappa shape index (κ3) is 3.48. The van der Waals surface area contributed by atoms with Gasteiger partial charge in [-0.25, -0.2) is 0 Å². The maximum atomic E-state index is 5.90. The first-order valence-corrected chi connectivity index (χ1v) is 7.73. The van der Waals surface area contributed by atoms with Crippen molar-refractivity contribution in [2.24, 2.45) is 0 Å². The van der Waals surface area contributed by atoms with Crippen molar-refractivity contribution in [2.75, 3.05) is 52.2 Å². The average Bonchev–Trinajstić information content (AvgIpc) is 2.97. The van der Waals surface area contributed by atoms with Crippen LogP contribution in [0.1, 0.15) is 12.0 Å². The van der Waals surface area contributed by atoms with Gasteiger partial charge in [0.2, 0.25) is 0 Å². The van der Waals surface area contributed by atoms with Crippen molar-refractivity contribution in [2.45, 2.75) is 19.0 Å². The van der Waals surface area contributed by atoms with Gasteiger partial charge in [0.05, 0.1) is 20.3 Å². The molecule has 5 nitrogen and oxygen atoms in total. The minimum atomic E-state index is 0.668. The first-order chi connectivity index (χ1) is 10.3. The molecule has 0 spiro atoms. The van der Waals surface area contributed by atoms with E-state index in [9.17, 15) is 0 Å². The number of anilines is 1. The number of methoxy groups -OCH3 is 1. The lowest BCUT2D eigenvalue weighted by atomic mass is 10.1. The zero-order valence-electron chi connectivity index (χ0n) is 12.8. The van der Waals surface area contributed by atoms with Crippen LogP contribution in [0.4, 0.5) is 5.69 Å². The highest BCUT2D eigenvalue weighted by atomic mass is 16.5. The van der Waals surface area contributed by atoms with Crippen LogP contribution >= 0.6 is 0 Å². The number of likely N-dealkylation sites (tertiary alicyclic amines) is 1. The molecule has 0 bridgehead atoms. The van der Waals surface area contributed by atoms with Gasteiger partial charge in [0.15, 0.2) is 0 Å². The van der Waals surface area contributed by atoms with Crippen molar-refractivity contribution in [1.82, 2.24) is 9.80 Å². The molecule has 2 aliphatic heterocycles. The minimum Gasteiger partial charge on any atom is -0.496 e. The molecule has 2 saturated heterocycles. The third-order valence-electron chi connectivity index (χ3n) is 4.51. The smallest absolute Gasteiger partial charge is 0.123 e. The third-order valence-corrected chi connectivity index (χ3v) is 4.51. The highest BCUT2D eigenvalue weighted by molar-refractivity contribution is 5.47. The molecule has 116 valence electrons. The lowest BCUT2D eigenvalue weighted by molar-refractivity contribution is 0.0183. The summed E-state index contributed by atoms with van der Waals surface area (Å²) in [6, 6.07) is 6.55. The number of nitrogens with zero attached hydrogens (tertiary/aromatic N) is 2. The Kier molecular flexibility index (Phi) is 4.63. The molecule has 0 aliphatic carbocycles. The van der Waals surface area contributed by atoms with Crippen LogP contribution in [0, 0.1) is 0 Å². The van der Waals surface area contributed by atoms with Gasteiger partial charge in [-0.05, 0) is 24.6 Å². The van der Waals surface area contributed by atoms with Crippen LogP contribution in [0.2, 0.25) is 0 Å². The molecule has 0 aromatic heterocycles. The molecular formula is C16H25N3O2. The zero-order chi connectivity index (χ0) is 14.7. The minimum absolute atomic E-state index is 0.668. The molecule has 1 aromatic rings. The summed E-state index contributed by atoms with van der Waals surface area (Å²) in [4.78, 5) is 5.07. The lowest BCUT2D eigenvalue weighted by Crippen LogP contribution is -2.44. The number of ether oxygens (including phenoxy) is 2. The molecule has 2 fully saturated rings. The van der Waals surface area contributed by atoms with Crippen LogP contribution in [0.3, 0.4) is 0 Å². The predicted molar refractivity (Wildman–Crippen MR) is 83.5 cm³/mol. The molecule has 1 atom stereocenters. The molecular weight excluding hydrogens is 266 g/mol. The van der Waals surface area contributed by atoms with E-state index in [0.29, 0.717) is 6.04 Å². The molecule has 2 aliphatic rings. The normalized spacial score (nSPS) is 24.3. The van der Waals surface area contributed by atoms with Gasteiger partial charge >= 0.3 is 0 Å². The maximum Gasteiger partial charge on any atom is 0.123 e. The maximum absolute atomic E-state index is 5.90. The molecule has 21 heavy (non-hydrogen) atoms. The van der Waals surface area contributed by atoms with Crippen LogP contribution in [0.15, 0.2) is 18.2 Å². The molecule has 1 aromatic carbocycles. The van der Waals surface area contributed by atoms with Gasteiger partial charge < -0.3 is 15.2 Å². The van der Waals surface area contributed by atoms with Gasteiger partial charge in [0.1, 0.15) is 5.75 Å². The van der Waals surface area contributed by atoms with E-state index in [1.165, 1.54) is 12.0 Å². The number of nitrogens with two attached hydrogens (primary N) is 1. The summed E-state index contributed by atoms with van der Waals surface area (Å²) in [6.45, 7) is 7.06. The molecule has 5 heteroatoms. The Bertz CT molecular complexity index is 475.